The van der Waals surface area contributed by atoms with E-state index in [1.807, 2.05) is 6.07 Å². The van der Waals surface area contributed by atoms with E-state index in [0.717, 1.165) is 42.5 Å². The number of rotatable bonds is 1. The first-order valence-corrected chi connectivity index (χ1v) is 6.29. The number of aromatic nitrogens is 1. The van der Waals surface area contributed by atoms with Gasteiger partial charge in [-0.3, -0.25) is 4.98 Å². The van der Waals surface area contributed by atoms with Crippen LogP contribution in [0.4, 0.5) is 10.1 Å². The largest absolute Gasteiger partial charge is 0.371 e. The van der Waals surface area contributed by atoms with Crippen LogP contribution in [-0.2, 0) is 0 Å². The molecule has 3 rings (SSSR count). The van der Waals surface area contributed by atoms with E-state index in [2.05, 4.69) is 9.88 Å². The SMILES string of the molecule is NC1CCN(c2ccnc3ccc(F)cc23)CC1. The standard InChI is InChI=1S/C14H16FN3/c15-10-1-2-13-12(9-10)14(3-6-17-13)18-7-4-11(16)5-8-18/h1-3,6,9,11H,4-5,7-8,16H2. The van der Waals surface area contributed by atoms with Crippen molar-refractivity contribution in [2.75, 3.05) is 18.0 Å². The Labute approximate surface area is 105 Å². The lowest BCUT2D eigenvalue weighted by atomic mass is 10.0. The maximum absolute atomic E-state index is 13.4. The van der Waals surface area contributed by atoms with Crippen molar-refractivity contribution < 1.29 is 4.39 Å². The minimum atomic E-state index is -0.217. The van der Waals surface area contributed by atoms with Crippen LogP contribution in [0.5, 0.6) is 0 Å². The Morgan fingerprint density at radius 3 is 2.78 bits per heavy atom. The van der Waals surface area contributed by atoms with Crippen LogP contribution < -0.4 is 10.6 Å². The van der Waals surface area contributed by atoms with E-state index in [1.54, 1.807) is 18.3 Å². The first kappa shape index (κ1) is 11.4. The van der Waals surface area contributed by atoms with Crippen LogP contribution in [0, 0.1) is 5.82 Å². The van der Waals surface area contributed by atoms with Gasteiger partial charge in [-0.05, 0) is 37.1 Å². The molecule has 2 heterocycles. The van der Waals surface area contributed by atoms with Gasteiger partial charge in [-0.15, -0.1) is 0 Å². The maximum Gasteiger partial charge on any atom is 0.124 e. The van der Waals surface area contributed by atoms with E-state index >= 15 is 0 Å². The number of nitrogens with zero attached hydrogens (tertiary/aromatic N) is 2. The quantitative estimate of drug-likeness (QED) is 0.838. The van der Waals surface area contributed by atoms with Gasteiger partial charge in [0.1, 0.15) is 5.82 Å². The van der Waals surface area contributed by atoms with Crippen molar-refractivity contribution in [1.29, 1.82) is 0 Å². The fraction of sp³-hybridized carbons (Fsp3) is 0.357. The topological polar surface area (TPSA) is 42.1 Å². The van der Waals surface area contributed by atoms with E-state index in [9.17, 15) is 4.39 Å². The van der Waals surface area contributed by atoms with Crippen LogP contribution in [0.1, 0.15) is 12.8 Å². The molecule has 1 aliphatic rings. The molecule has 1 saturated heterocycles. The molecule has 0 atom stereocenters. The Balaban J connectivity index is 2.03. The highest BCUT2D eigenvalue weighted by Crippen LogP contribution is 2.28. The number of hydrogen-bond donors (Lipinski definition) is 1. The Kier molecular flexibility index (Phi) is 2.88. The molecule has 2 N–H and O–H groups in total. The number of benzene rings is 1. The molecule has 1 fully saturated rings. The highest BCUT2D eigenvalue weighted by molar-refractivity contribution is 5.91. The van der Waals surface area contributed by atoms with Crippen molar-refractivity contribution in [1.82, 2.24) is 4.98 Å². The zero-order valence-corrected chi connectivity index (χ0v) is 10.1. The summed E-state index contributed by atoms with van der Waals surface area (Å²) in [6, 6.07) is 6.99. The molecule has 1 aromatic carbocycles. The summed E-state index contributed by atoms with van der Waals surface area (Å²) in [6.07, 6.45) is 3.75. The molecule has 94 valence electrons. The summed E-state index contributed by atoms with van der Waals surface area (Å²) >= 11 is 0. The van der Waals surface area contributed by atoms with Crippen LogP contribution in [0.25, 0.3) is 10.9 Å². The predicted molar refractivity (Wildman–Crippen MR) is 71.1 cm³/mol. The number of fused-ring (bicyclic) bond motifs is 1. The Morgan fingerprint density at radius 2 is 2.00 bits per heavy atom. The van der Waals surface area contributed by atoms with Gasteiger partial charge in [-0.1, -0.05) is 0 Å². The van der Waals surface area contributed by atoms with Gasteiger partial charge in [0.25, 0.3) is 0 Å². The lowest BCUT2D eigenvalue weighted by Crippen LogP contribution is -2.39. The van der Waals surface area contributed by atoms with E-state index in [0.29, 0.717) is 6.04 Å². The highest BCUT2D eigenvalue weighted by Gasteiger charge is 2.18. The van der Waals surface area contributed by atoms with Gasteiger partial charge in [0.05, 0.1) is 5.52 Å². The van der Waals surface area contributed by atoms with Crippen LogP contribution >= 0.6 is 0 Å². The summed E-state index contributed by atoms with van der Waals surface area (Å²) < 4.78 is 13.4. The molecule has 18 heavy (non-hydrogen) atoms. The summed E-state index contributed by atoms with van der Waals surface area (Å²) in [5, 5.41) is 0.882. The maximum atomic E-state index is 13.4. The molecule has 0 unspecified atom stereocenters. The molecule has 1 aromatic heterocycles. The van der Waals surface area contributed by atoms with Gasteiger partial charge in [-0.2, -0.15) is 0 Å². The lowest BCUT2D eigenvalue weighted by molar-refractivity contribution is 0.502. The highest BCUT2D eigenvalue weighted by atomic mass is 19.1. The van der Waals surface area contributed by atoms with Gasteiger partial charge in [0, 0.05) is 36.4 Å². The van der Waals surface area contributed by atoms with Crippen molar-refractivity contribution >= 4 is 16.6 Å². The van der Waals surface area contributed by atoms with Crippen molar-refractivity contribution in [3.8, 4) is 0 Å². The molecular weight excluding hydrogens is 229 g/mol. The molecular formula is C14H16FN3. The van der Waals surface area contributed by atoms with Crippen LogP contribution in [0.15, 0.2) is 30.5 Å². The zero-order valence-electron chi connectivity index (χ0n) is 10.1. The fourth-order valence-electron chi connectivity index (χ4n) is 2.52. The van der Waals surface area contributed by atoms with Gasteiger partial charge in [-0.25, -0.2) is 4.39 Å². The van der Waals surface area contributed by atoms with Gasteiger partial charge >= 0.3 is 0 Å². The van der Waals surface area contributed by atoms with Gasteiger partial charge in [0.15, 0.2) is 0 Å². The van der Waals surface area contributed by atoms with Gasteiger partial charge in [0.2, 0.25) is 0 Å². The molecule has 0 bridgehead atoms. The molecule has 0 spiro atoms. The molecule has 0 saturated carbocycles. The number of pyridine rings is 1. The third kappa shape index (κ3) is 2.04. The van der Waals surface area contributed by atoms with E-state index in [-0.39, 0.29) is 5.82 Å². The fourth-order valence-corrected chi connectivity index (χ4v) is 2.52. The van der Waals surface area contributed by atoms with Crippen molar-refractivity contribution in [2.45, 2.75) is 18.9 Å². The Hall–Kier alpha value is -1.68. The van der Waals surface area contributed by atoms with Crippen molar-refractivity contribution in [3.05, 3.63) is 36.3 Å². The second-order valence-electron chi connectivity index (χ2n) is 4.82. The van der Waals surface area contributed by atoms with Crippen LogP contribution in [0.3, 0.4) is 0 Å². The molecule has 0 amide bonds. The normalized spacial score (nSPS) is 17.3. The van der Waals surface area contributed by atoms with E-state index in [1.165, 1.54) is 6.07 Å². The average molecular weight is 245 g/mol. The van der Waals surface area contributed by atoms with E-state index < -0.39 is 0 Å². The molecule has 1 aliphatic heterocycles. The average Bonchev–Trinajstić information content (AvgIpc) is 2.39. The molecule has 4 heteroatoms. The number of hydrogen-bond acceptors (Lipinski definition) is 3. The summed E-state index contributed by atoms with van der Waals surface area (Å²) in [5.74, 6) is -0.217. The molecule has 0 radical (unpaired) electrons. The second kappa shape index (κ2) is 4.53. The minimum Gasteiger partial charge on any atom is -0.371 e. The van der Waals surface area contributed by atoms with Crippen molar-refractivity contribution in [2.24, 2.45) is 5.73 Å². The zero-order chi connectivity index (χ0) is 12.5. The third-order valence-corrected chi connectivity index (χ3v) is 3.56. The molecule has 0 aliphatic carbocycles. The minimum absolute atomic E-state index is 0.217. The second-order valence-corrected chi connectivity index (χ2v) is 4.82. The summed E-state index contributed by atoms with van der Waals surface area (Å²) in [5.41, 5.74) is 7.81. The smallest absolute Gasteiger partial charge is 0.124 e. The Bertz CT molecular complexity index is 562. The number of piperidine rings is 1. The first-order valence-electron chi connectivity index (χ1n) is 6.29. The molecule has 3 nitrogen and oxygen atoms in total. The Morgan fingerprint density at radius 1 is 1.22 bits per heavy atom. The van der Waals surface area contributed by atoms with Crippen LogP contribution in [0.2, 0.25) is 0 Å². The molecule has 2 aromatic rings. The number of nitrogens with two attached hydrogens (primary N) is 1. The lowest BCUT2D eigenvalue weighted by Gasteiger charge is -2.32. The summed E-state index contributed by atoms with van der Waals surface area (Å²) in [4.78, 5) is 6.55. The predicted octanol–water partition coefficient (Wildman–Crippen LogP) is 2.30. The number of halogens is 1. The first-order chi connectivity index (χ1) is 8.74. The van der Waals surface area contributed by atoms with Gasteiger partial charge < -0.3 is 10.6 Å². The van der Waals surface area contributed by atoms with Crippen LogP contribution in [-0.4, -0.2) is 24.1 Å². The van der Waals surface area contributed by atoms with E-state index in [4.69, 9.17) is 5.73 Å². The monoisotopic (exact) mass is 245 g/mol. The number of anilines is 1. The third-order valence-electron chi connectivity index (χ3n) is 3.56. The summed E-state index contributed by atoms with van der Waals surface area (Å²) in [6.45, 7) is 1.85. The van der Waals surface area contributed by atoms with Crippen molar-refractivity contribution in [3.63, 3.8) is 0 Å². The summed E-state index contributed by atoms with van der Waals surface area (Å²) in [7, 11) is 0.